The number of anilines is 1. The molecule has 0 atom stereocenters. The van der Waals surface area contributed by atoms with Gasteiger partial charge in [-0.1, -0.05) is 23.7 Å². The predicted octanol–water partition coefficient (Wildman–Crippen LogP) is 4.32. The smallest absolute Gasteiger partial charge is 0.220 e. The van der Waals surface area contributed by atoms with Crippen LogP contribution >= 0.6 is 11.6 Å². The Balaban J connectivity index is 1.19. The summed E-state index contributed by atoms with van der Waals surface area (Å²) in [5.74, 6) is 0.877. The molecular formula is C22H22ClN5O. The number of carbonyl (C=O) groups excluding carboxylic acids is 1. The molecule has 4 rings (SSSR count). The largest absolute Gasteiger partial charge is 0.384 e. The maximum absolute atomic E-state index is 12.1. The molecule has 148 valence electrons. The lowest BCUT2D eigenvalue weighted by molar-refractivity contribution is -0.121. The van der Waals surface area contributed by atoms with Gasteiger partial charge in [0.25, 0.3) is 0 Å². The standard InChI is InChI=1S/C22H22ClN5O/c23-15-6-7-16-17(10-13-25-20(16)14-15)24-11-3-12-26-22(29)9-8-21-27-18-4-1-2-5-19(18)28-21/h1-2,4-7,10,13-14H,3,8-9,11-12H2,(H,24,25)(H,26,29)(H,27,28). The van der Waals surface area contributed by atoms with E-state index in [9.17, 15) is 4.79 Å². The summed E-state index contributed by atoms with van der Waals surface area (Å²) in [5, 5.41) is 8.08. The topological polar surface area (TPSA) is 82.7 Å². The number of aryl methyl sites for hydroxylation is 1. The predicted molar refractivity (Wildman–Crippen MR) is 117 cm³/mol. The van der Waals surface area contributed by atoms with Crippen LogP contribution in [0.3, 0.4) is 0 Å². The monoisotopic (exact) mass is 407 g/mol. The highest BCUT2D eigenvalue weighted by Crippen LogP contribution is 2.24. The summed E-state index contributed by atoms with van der Waals surface area (Å²) in [7, 11) is 0. The second kappa shape index (κ2) is 8.92. The van der Waals surface area contributed by atoms with Gasteiger partial charge in [0.2, 0.25) is 5.91 Å². The minimum absolute atomic E-state index is 0.0365. The first-order valence-corrected chi connectivity index (χ1v) is 10.1. The zero-order chi connectivity index (χ0) is 20.1. The van der Waals surface area contributed by atoms with E-state index in [1.807, 2.05) is 48.5 Å². The van der Waals surface area contributed by atoms with E-state index >= 15 is 0 Å². The lowest BCUT2D eigenvalue weighted by atomic mass is 10.2. The number of nitrogens with one attached hydrogen (secondary N) is 3. The number of H-pyrrole nitrogens is 1. The molecule has 2 aromatic heterocycles. The maximum Gasteiger partial charge on any atom is 0.220 e. The Labute approximate surface area is 173 Å². The van der Waals surface area contributed by atoms with Gasteiger partial charge in [0.05, 0.1) is 16.6 Å². The molecule has 6 nitrogen and oxygen atoms in total. The van der Waals surface area contributed by atoms with Crippen molar-refractivity contribution in [1.29, 1.82) is 0 Å². The van der Waals surface area contributed by atoms with E-state index in [4.69, 9.17) is 11.6 Å². The molecule has 0 unspecified atom stereocenters. The number of carbonyl (C=O) groups is 1. The van der Waals surface area contributed by atoms with Gasteiger partial charge in [-0.05, 0) is 42.8 Å². The molecule has 2 aromatic carbocycles. The Morgan fingerprint density at radius 2 is 1.97 bits per heavy atom. The van der Waals surface area contributed by atoms with E-state index in [2.05, 4.69) is 25.6 Å². The van der Waals surface area contributed by atoms with Gasteiger partial charge in [-0.3, -0.25) is 9.78 Å². The first-order valence-electron chi connectivity index (χ1n) is 9.67. The third-order valence-electron chi connectivity index (χ3n) is 4.72. The van der Waals surface area contributed by atoms with Crippen molar-refractivity contribution in [3.05, 3.63) is 65.6 Å². The van der Waals surface area contributed by atoms with Crippen LogP contribution in [0, 0.1) is 0 Å². The molecular weight excluding hydrogens is 386 g/mol. The summed E-state index contributed by atoms with van der Waals surface area (Å²) < 4.78 is 0. The van der Waals surface area contributed by atoms with E-state index in [1.165, 1.54) is 0 Å². The Morgan fingerprint density at radius 1 is 1.07 bits per heavy atom. The molecule has 1 amide bonds. The van der Waals surface area contributed by atoms with Gasteiger partial charge in [0.15, 0.2) is 0 Å². The van der Waals surface area contributed by atoms with Crippen LogP contribution in [0.15, 0.2) is 54.7 Å². The molecule has 0 saturated carbocycles. The van der Waals surface area contributed by atoms with Crippen molar-refractivity contribution >= 4 is 45.1 Å². The van der Waals surface area contributed by atoms with E-state index < -0.39 is 0 Å². The zero-order valence-electron chi connectivity index (χ0n) is 15.9. The van der Waals surface area contributed by atoms with Crippen LogP contribution < -0.4 is 10.6 Å². The Bertz CT molecular complexity index is 1110. The molecule has 0 aliphatic rings. The molecule has 7 heteroatoms. The number of hydrogen-bond donors (Lipinski definition) is 3. The number of fused-ring (bicyclic) bond motifs is 2. The van der Waals surface area contributed by atoms with Crippen LogP contribution in [0.4, 0.5) is 5.69 Å². The highest BCUT2D eigenvalue weighted by atomic mass is 35.5. The fraction of sp³-hybridized carbons (Fsp3) is 0.227. The molecule has 2 heterocycles. The van der Waals surface area contributed by atoms with Gasteiger partial charge in [0, 0.05) is 48.2 Å². The molecule has 29 heavy (non-hydrogen) atoms. The first kappa shape index (κ1) is 19.2. The number of hydrogen-bond acceptors (Lipinski definition) is 4. The van der Waals surface area contributed by atoms with Crippen LogP contribution in [-0.2, 0) is 11.2 Å². The lowest BCUT2D eigenvalue weighted by Gasteiger charge is -2.10. The quantitative estimate of drug-likeness (QED) is 0.380. The van der Waals surface area contributed by atoms with Crippen molar-refractivity contribution in [1.82, 2.24) is 20.3 Å². The van der Waals surface area contributed by atoms with Gasteiger partial charge in [-0.2, -0.15) is 0 Å². The SMILES string of the molecule is O=C(CCc1nc2ccccc2[nH]1)NCCCNc1ccnc2cc(Cl)ccc12. The summed E-state index contributed by atoms with van der Waals surface area (Å²) in [6.45, 7) is 1.38. The minimum Gasteiger partial charge on any atom is -0.384 e. The van der Waals surface area contributed by atoms with E-state index in [-0.39, 0.29) is 5.91 Å². The van der Waals surface area contributed by atoms with Crippen LogP contribution in [0.2, 0.25) is 5.02 Å². The Hall–Kier alpha value is -3.12. The minimum atomic E-state index is 0.0365. The number of para-hydroxylation sites is 2. The number of benzene rings is 2. The summed E-state index contributed by atoms with van der Waals surface area (Å²) in [6.07, 6.45) is 3.61. The average molecular weight is 408 g/mol. The zero-order valence-corrected chi connectivity index (χ0v) is 16.7. The molecule has 0 spiro atoms. The Kier molecular flexibility index (Phi) is 5.91. The van der Waals surface area contributed by atoms with Gasteiger partial charge >= 0.3 is 0 Å². The second-order valence-electron chi connectivity index (χ2n) is 6.85. The number of amides is 1. The number of nitrogens with zero attached hydrogens (tertiary/aromatic N) is 2. The molecule has 0 aliphatic heterocycles. The molecule has 0 saturated heterocycles. The van der Waals surface area contributed by atoms with Crippen molar-refractivity contribution in [2.24, 2.45) is 0 Å². The fourth-order valence-corrected chi connectivity index (χ4v) is 3.43. The normalized spacial score (nSPS) is 11.1. The number of imidazole rings is 1. The van der Waals surface area contributed by atoms with E-state index in [0.717, 1.165) is 46.4 Å². The van der Waals surface area contributed by atoms with Gasteiger partial charge < -0.3 is 15.6 Å². The number of aromatic nitrogens is 3. The summed E-state index contributed by atoms with van der Waals surface area (Å²) in [6, 6.07) is 15.5. The van der Waals surface area contributed by atoms with E-state index in [0.29, 0.717) is 24.4 Å². The van der Waals surface area contributed by atoms with Crippen LogP contribution in [0.25, 0.3) is 21.9 Å². The number of halogens is 1. The van der Waals surface area contributed by atoms with Crippen molar-refractivity contribution < 1.29 is 4.79 Å². The third-order valence-corrected chi connectivity index (χ3v) is 4.96. The van der Waals surface area contributed by atoms with E-state index in [1.54, 1.807) is 6.20 Å². The molecule has 0 fully saturated rings. The van der Waals surface area contributed by atoms with Crippen molar-refractivity contribution in [2.75, 3.05) is 18.4 Å². The first-order chi connectivity index (χ1) is 14.2. The molecule has 0 radical (unpaired) electrons. The number of rotatable bonds is 8. The van der Waals surface area contributed by atoms with Crippen molar-refractivity contribution in [3.8, 4) is 0 Å². The van der Waals surface area contributed by atoms with Crippen LogP contribution in [0.1, 0.15) is 18.7 Å². The van der Waals surface area contributed by atoms with Gasteiger partial charge in [0.1, 0.15) is 5.82 Å². The average Bonchev–Trinajstić information content (AvgIpc) is 3.15. The molecule has 0 bridgehead atoms. The molecule has 0 aliphatic carbocycles. The number of aromatic amines is 1. The molecule has 4 aromatic rings. The van der Waals surface area contributed by atoms with Crippen molar-refractivity contribution in [2.45, 2.75) is 19.3 Å². The summed E-state index contributed by atoms with van der Waals surface area (Å²) in [4.78, 5) is 24.2. The number of pyridine rings is 1. The third kappa shape index (κ3) is 4.84. The Morgan fingerprint density at radius 3 is 2.86 bits per heavy atom. The maximum atomic E-state index is 12.1. The van der Waals surface area contributed by atoms with Crippen LogP contribution in [-0.4, -0.2) is 33.9 Å². The molecule has 3 N–H and O–H groups in total. The second-order valence-corrected chi connectivity index (χ2v) is 7.29. The van der Waals surface area contributed by atoms with Gasteiger partial charge in [-0.15, -0.1) is 0 Å². The summed E-state index contributed by atoms with van der Waals surface area (Å²) >= 11 is 6.03. The highest BCUT2D eigenvalue weighted by Gasteiger charge is 2.06. The lowest BCUT2D eigenvalue weighted by Crippen LogP contribution is -2.26. The highest BCUT2D eigenvalue weighted by molar-refractivity contribution is 6.31. The van der Waals surface area contributed by atoms with Crippen LogP contribution in [0.5, 0.6) is 0 Å². The van der Waals surface area contributed by atoms with Gasteiger partial charge in [-0.25, -0.2) is 4.98 Å². The summed E-state index contributed by atoms with van der Waals surface area (Å²) in [5.41, 5.74) is 3.81. The van der Waals surface area contributed by atoms with Crippen molar-refractivity contribution in [3.63, 3.8) is 0 Å². The fourth-order valence-electron chi connectivity index (χ4n) is 3.26.